The van der Waals surface area contributed by atoms with Crippen LogP contribution in [-0.4, -0.2) is 11.1 Å². The molecule has 0 spiro atoms. The Morgan fingerprint density at radius 2 is 1.65 bits per heavy atom. The predicted molar refractivity (Wildman–Crippen MR) is 82.6 cm³/mol. The van der Waals surface area contributed by atoms with Crippen LogP contribution in [-0.2, 0) is 4.79 Å². The summed E-state index contributed by atoms with van der Waals surface area (Å²) in [6, 6.07) is 0. The van der Waals surface area contributed by atoms with E-state index in [1.807, 2.05) is 0 Å². The summed E-state index contributed by atoms with van der Waals surface area (Å²) in [5.74, 6) is 2.24. The first-order valence-electron chi connectivity index (χ1n) is 8.73. The SMILES string of the molecule is CCC1CCC(C2(C(=O)O)CCC(C(C)C)CC2)CC1. The smallest absolute Gasteiger partial charge is 0.309 e. The molecular weight excluding hydrogens is 248 g/mol. The van der Waals surface area contributed by atoms with Gasteiger partial charge in [0.15, 0.2) is 0 Å². The molecule has 0 bridgehead atoms. The van der Waals surface area contributed by atoms with E-state index in [9.17, 15) is 9.90 Å². The highest BCUT2D eigenvalue weighted by Gasteiger charge is 2.48. The highest BCUT2D eigenvalue weighted by Crippen LogP contribution is 2.51. The molecule has 2 rings (SSSR count). The Hall–Kier alpha value is -0.530. The minimum Gasteiger partial charge on any atom is -0.481 e. The molecule has 116 valence electrons. The van der Waals surface area contributed by atoms with Gasteiger partial charge in [-0.05, 0) is 62.2 Å². The average Bonchev–Trinajstić information content (AvgIpc) is 2.47. The van der Waals surface area contributed by atoms with Gasteiger partial charge in [-0.3, -0.25) is 4.79 Å². The van der Waals surface area contributed by atoms with Crippen LogP contribution in [0.25, 0.3) is 0 Å². The Morgan fingerprint density at radius 1 is 1.10 bits per heavy atom. The Morgan fingerprint density at radius 3 is 2.05 bits per heavy atom. The zero-order chi connectivity index (χ0) is 14.8. The van der Waals surface area contributed by atoms with Gasteiger partial charge in [-0.15, -0.1) is 0 Å². The van der Waals surface area contributed by atoms with Crippen molar-refractivity contribution in [2.75, 3.05) is 0 Å². The fraction of sp³-hybridized carbons (Fsp3) is 0.944. The van der Waals surface area contributed by atoms with E-state index < -0.39 is 5.97 Å². The molecular formula is C18H32O2. The van der Waals surface area contributed by atoms with Gasteiger partial charge in [0, 0.05) is 0 Å². The highest BCUT2D eigenvalue weighted by atomic mass is 16.4. The van der Waals surface area contributed by atoms with Crippen LogP contribution in [0.2, 0.25) is 0 Å². The Labute approximate surface area is 124 Å². The van der Waals surface area contributed by atoms with E-state index in [0.29, 0.717) is 11.8 Å². The van der Waals surface area contributed by atoms with Crippen LogP contribution in [0.1, 0.15) is 78.6 Å². The minimum absolute atomic E-state index is 0.385. The molecule has 0 atom stereocenters. The summed E-state index contributed by atoms with van der Waals surface area (Å²) in [6.45, 7) is 6.83. The molecule has 2 fully saturated rings. The second kappa shape index (κ2) is 6.49. The van der Waals surface area contributed by atoms with Gasteiger partial charge >= 0.3 is 5.97 Å². The molecule has 0 aromatic rings. The van der Waals surface area contributed by atoms with E-state index >= 15 is 0 Å². The van der Waals surface area contributed by atoms with Gasteiger partial charge in [0.05, 0.1) is 5.41 Å². The van der Waals surface area contributed by atoms with Crippen LogP contribution in [0, 0.1) is 29.1 Å². The summed E-state index contributed by atoms with van der Waals surface area (Å²) < 4.78 is 0. The van der Waals surface area contributed by atoms with Crippen LogP contribution >= 0.6 is 0 Å². The lowest BCUT2D eigenvalue weighted by atomic mass is 9.58. The van der Waals surface area contributed by atoms with Crippen LogP contribution in [0.5, 0.6) is 0 Å². The van der Waals surface area contributed by atoms with Crippen LogP contribution in [0.3, 0.4) is 0 Å². The monoisotopic (exact) mass is 280 g/mol. The fourth-order valence-corrected chi connectivity index (χ4v) is 4.74. The van der Waals surface area contributed by atoms with Crippen molar-refractivity contribution in [1.82, 2.24) is 0 Å². The molecule has 0 aromatic carbocycles. The quantitative estimate of drug-likeness (QED) is 0.776. The highest BCUT2D eigenvalue weighted by molar-refractivity contribution is 5.75. The van der Waals surface area contributed by atoms with Gasteiger partial charge in [-0.2, -0.15) is 0 Å². The molecule has 2 aliphatic rings. The molecule has 0 aromatic heterocycles. The molecule has 2 saturated carbocycles. The van der Waals surface area contributed by atoms with Crippen LogP contribution in [0.4, 0.5) is 0 Å². The number of carboxylic acids is 1. The van der Waals surface area contributed by atoms with Crippen molar-refractivity contribution in [3.8, 4) is 0 Å². The zero-order valence-electron chi connectivity index (χ0n) is 13.5. The maximum Gasteiger partial charge on any atom is 0.309 e. The summed E-state index contributed by atoms with van der Waals surface area (Å²) in [6.07, 6.45) is 10.2. The van der Waals surface area contributed by atoms with Gasteiger partial charge in [0.25, 0.3) is 0 Å². The van der Waals surface area contributed by atoms with Crippen molar-refractivity contribution in [3.05, 3.63) is 0 Å². The average molecular weight is 280 g/mol. The van der Waals surface area contributed by atoms with E-state index in [2.05, 4.69) is 20.8 Å². The molecule has 0 heterocycles. The number of rotatable bonds is 4. The molecule has 0 saturated heterocycles. The largest absolute Gasteiger partial charge is 0.481 e. The maximum atomic E-state index is 12.0. The normalized spacial score (nSPS) is 38.9. The van der Waals surface area contributed by atoms with E-state index in [1.165, 1.54) is 19.3 Å². The fourth-order valence-electron chi connectivity index (χ4n) is 4.74. The van der Waals surface area contributed by atoms with E-state index in [0.717, 1.165) is 50.4 Å². The lowest BCUT2D eigenvalue weighted by Crippen LogP contribution is -2.43. The third-order valence-electron chi connectivity index (χ3n) is 6.50. The maximum absolute atomic E-state index is 12.0. The number of hydrogen-bond acceptors (Lipinski definition) is 1. The lowest BCUT2D eigenvalue weighted by molar-refractivity contribution is -0.158. The van der Waals surface area contributed by atoms with Crippen molar-refractivity contribution in [1.29, 1.82) is 0 Å². The van der Waals surface area contributed by atoms with Gasteiger partial charge in [0.1, 0.15) is 0 Å². The first-order chi connectivity index (χ1) is 9.49. The molecule has 0 amide bonds. The third-order valence-corrected chi connectivity index (χ3v) is 6.50. The van der Waals surface area contributed by atoms with Crippen molar-refractivity contribution in [2.45, 2.75) is 78.6 Å². The molecule has 0 unspecified atom stereocenters. The molecule has 1 N–H and O–H groups in total. The summed E-state index contributed by atoms with van der Waals surface area (Å²) in [7, 11) is 0. The third kappa shape index (κ3) is 3.04. The van der Waals surface area contributed by atoms with Crippen LogP contribution < -0.4 is 0 Å². The number of aliphatic carboxylic acids is 1. The van der Waals surface area contributed by atoms with E-state index in [-0.39, 0.29) is 5.41 Å². The van der Waals surface area contributed by atoms with Gasteiger partial charge in [0.2, 0.25) is 0 Å². The van der Waals surface area contributed by atoms with E-state index in [4.69, 9.17) is 0 Å². The lowest BCUT2D eigenvalue weighted by Gasteiger charge is -2.45. The Balaban J connectivity index is 2.03. The number of hydrogen-bond donors (Lipinski definition) is 1. The van der Waals surface area contributed by atoms with Crippen molar-refractivity contribution < 1.29 is 9.90 Å². The first kappa shape index (κ1) is 15.9. The summed E-state index contributed by atoms with van der Waals surface area (Å²) in [5.41, 5.74) is -0.385. The second-order valence-corrected chi connectivity index (χ2v) is 7.67. The van der Waals surface area contributed by atoms with E-state index in [1.54, 1.807) is 0 Å². The second-order valence-electron chi connectivity index (χ2n) is 7.67. The molecule has 20 heavy (non-hydrogen) atoms. The van der Waals surface area contributed by atoms with Crippen molar-refractivity contribution in [2.24, 2.45) is 29.1 Å². The zero-order valence-corrected chi connectivity index (χ0v) is 13.5. The Bertz CT molecular complexity index is 318. The number of carbonyl (C=O) groups is 1. The molecule has 0 radical (unpaired) electrons. The predicted octanol–water partition coefficient (Wildman–Crippen LogP) is 5.12. The van der Waals surface area contributed by atoms with Gasteiger partial charge in [-0.25, -0.2) is 0 Å². The first-order valence-corrected chi connectivity index (χ1v) is 8.73. The minimum atomic E-state index is -0.500. The summed E-state index contributed by atoms with van der Waals surface area (Å²) >= 11 is 0. The molecule has 2 nitrogen and oxygen atoms in total. The topological polar surface area (TPSA) is 37.3 Å². The van der Waals surface area contributed by atoms with Gasteiger partial charge < -0.3 is 5.11 Å². The summed E-state index contributed by atoms with van der Waals surface area (Å²) in [4.78, 5) is 12.0. The standard InChI is InChI=1S/C18H32O2/c1-4-14-5-7-16(8-6-14)18(17(19)20)11-9-15(10-12-18)13(2)3/h13-16H,4-12H2,1-3H3,(H,19,20). The van der Waals surface area contributed by atoms with Crippen molar-refractivity contribution in [3.63, 3.8) is 0 Å². The molecule has 2 heteroatoms. The summed E-state index contributed by atoms with van der Waals surface area (Å²) in [5, 5.41) is 9.89. The molecule has 0 aliphatic heterocycles. The van der Waals surface area contributed by atoms with Gasteiger partial charge in [-0.1, -0.05) is 40.0 Å². The number of carboxylic acid groups (broad SMARTS) is 1. The molecule has 2 aliphatic carbocycles. The van der Waals surface area contributed by atoms with Crippen molar-refractivity contribution >= 4 is 5.97 Å². The Kier molecular flexibility index (Phi) is 5.14. The van der Waals surface area contributed by atoms with Crippen LogP contribution in [0.15, 0.2) is 0 Å².